The second kappa shape index (κ2) is 20.1. The smallest absolute Gasteiger partial charge is 0.220 e. The molecule has 9 atom stereocenters. The van der Waals surface area contributed by atoms with E-state index in [0.717, 1.165) is 19.3 Å². The van der Waals surface area contributed by atoms with E-state index in [4.69, 9.17) is 9.47 Å². The number of unbranched alkanes of at least 4 members (excludes halogenated alkanes) is 14. The minimum absolute atomic E-state index is 0.188. The monoisotopic (exact) mass is 590 g/mol. The molecule has 11 heteroatoms. The highest BCUT2D eigenvalue weighted by Crippen LogP contribution is 2.35. The Labute approximate surface area is 245 Å². The lowest BCUT2D eigenvalue weighted by atomic mass is 9.84. The fourth-order valence-electron chi connectivity index (χ4n) is 5.71. The molecule has 1 amide bonds. The molecule has 2 saturated heterocycles. The maximum atomic E-state index is 12.7. The summed E-state index contributed by atoms with van der Waals surface area (Å²) in [6.07, 6.45) is 5.93. The number of carbonyl (C=O) groups excluding carboxylic acids is 1. The van der Waals surface area contributed by atoms with Crippen molar-refractivity contribution >= 4 is 5.91 Å². The molecule has 2 rings (SSSR count). The van der Waals surface area contributed by atoms with Gasteiger partial charge in [-0.15, -0.1) is 0 Å². The van der Waals surface area contributed by atoms with E-state index >= 15 is 0 Å². The van der Waals surface area contributed by atoms with Crippen LogP contribution in [0, 0.1) is 6.10 Å². The van der Waals surface area contributed by atoms with Crippen LogP contribution < -0.4 is 5.32 Å². The first-order chi connectivity index (χ1) is 19.8. The molecule has 0 aromatic heterocycles. The number of rotatable bonds is 20. The minimum atomic E-state index is -1.76. The van der Waals surface area contributed by atoms with Crippen LogP contribution in [0.15, 0.2) is 0 Å². The predicted octanol–water partition coefficient (Wildman–Crippen LogP) is 1.22. The second-order valence-electron chi connectivity index (χ2n) is 11.7. The van der Waals surface area contributed by atoms with E-state index in [1.54, 1.807) is 0 Å². The lowest BCUT2D eigenvalue weighted by Crippen LogP contribution is -2.69. The number of hydrogen-bond acceptors (Lipinski definition) is 10. The van der Waals surface area contributed by atoms with Crippen LogP contribution in [0.1, 0.15) is 110 Å². The van der Waals surface area contributed by atoms with Crippen LogP contribution in [0.25, 0.3) is 0 Å². The van der Waals surface area contributed by atoms with Gasteiger partial charge in [0, 0.05) is 6.42 Å². The van der Waals surface area contributed by atoms with Crippen LogP contribution in [0.3, 0.4) is 0 Å². The molecule has 0 saturated carbocycles. The Morgan fingerprint density at radius 3 is 1.61 bits per heavy atom. The minimum Gasteiger partial charge on any atom is -0.394 e. The van der Waals surface area contributed by atoms with E-state index in [-0.39, 0.29) is 12.5 Å². The summed E-state index contributed by atoms with van der Waals surface area (Å²) in [7, 11) is 0. The first-order valence-corrected chi connectivity index (χ1v) is 15.9. The van der Waals surface area contributed by atoms with Crippen molar-refractivity contribution in [3.05, 3.63) is 6.10 Å². The van der Waals surface area contributed by atoms with Gasteiger partial charge in [-0.1, -0.05) is 96.8 Å². The number of aliphatic hydroxyl groups is 7. The van der Waals surface area contributed by atoms with Crippen LogP contribution in [0.4, 0.5) is 0 Å². The van der Waals surface area contributed by atoms with Gasteiger partial charge in [0.05, 0.1) is 19.3 Å². The average molecular weight is 591 g/mol. The van der Waals surface area contributed by atoms with Crippen molar-refractivity contribution in [1.29, 1.82) is 0 Å². The van der Waals surface area contributed by atoms with E-state index in [1.165, 1.54) is 70.6 Å². The highest BCUT2D eigenvalue weighted by atomic mass is 16.6. The summed E-state index contributed by atoms with van der Waals surface area (Å²) in [6.45, 7) is 0.906. The highest BCUT2D eigenvalue weighted by Gasteiger charge is 2.55. The summed E-state index contributed by atoms with van der Waals surface area (Å²) < 4.78 is 11.2. The Balaban J connectivity index is 1.72. The summed E-state index contributed by atoms with van der Waals surface area (Å²) in [6, 6.07) is -1.26. The summed E-state index contributed by atoms with van der Waals surface area (Å²) in [5.41, 5.74) is 0. The lowest BCUT2D eigenvalue weighted by molar-refractivity contribution is -0.248. The third-order valence-corrected chi connectivity index (χ3v) is 8.35. The highest BCUT2D eigenvalue weighted by molar-refractivity contribution is 5.76. The molecule has 0 spiro atoms. The zero-order valence-electron chi connectivity index (χ0n) is 24.8. The van der Waals surface area contributed by atoms with Crippen molar-refractivity contribution in [2.24, 2.45) is 0 Å². The molecule has 2 heterocycles. The molecule has 0 aromatic rings. The second-order valence-corrected chi connectivity index (χ2v) is 11.7. The molecule has 0 bridgehead atoms. The van der Waals surface area contributed by atoms with E-state index < -0.39 is 74.0 Å². The van der Waals surface area contributed by atoms with Gasteiger partial charge >= 0.3 is 0 Å². The van der Waals surface area contributed by atoms with Crippen molar-refractivity contribution in [2.45, 2.75) is 165 Å². The maximum Gasteiger partial charge on any atom is 0.220 e. The van der Waals surface area contributed by atoms with E-state index in [9.17, 15) is 40.5 Å². The SMILES string of the molecule is CCCCCCCCCCCCCCCCCC(=O)N[C@H]1C([C]2O[C@H](CO)[C@@H](O)[C@H](O)[C@H]2O)O[C@H](CO)[C@@H](O)[C@@H]1O. The van der Waals surface area contributed by atoms with Crippen LogP contribution in [0.5, 0.6) is 0 Å². The molecule has 8 N–H and O–H groups in total. The van der Waals surface area contributed by atoms with Gasteiger partial charge in [0.1, 0.15) is 48.8 Å². The third kappa shape index (κ3) is 11.6. The lowest BCUT2D eigenvalue weighted by Gasteiger charge is -2.49. The predicted molar refractivity (Wildman–Crippen MR) is 152 cm³/mol. The van der Waals surface area contributed by atoms with Crippen LogP contribution in [-0.2, 0) is 14.3 Å². The van der Waals surface area contributed by atoms with Gasteiger partial charge in [-0.05, 0) is 6.42 Å². The zero-order chi connectivity index (χ0) is 30.2. The van der Waals surface area contributed by atoms with Gasteiger partial charge in [0.25, 0.3) is 0 Å². The molecule has 41 heavy (non-hydrogen) atoms. The van der Waals surface area contributed by atoms with Crippen molar-refractivity contribution in [3.63, 3.8) is 0 Å². The van der Waals surface area contributed by atoms with Crippen molar-refractivity contribution in [2.75, 3.05) is 13.2 Å². The molecule has 1 unspecified atom stereocenters. The number of amides is 1. The first kappa shape index (κ1) is 36.3. The molecule has 0 aromatic carbocycles. The van der Waals surface area contributed by atoms with Gasteiger partial charge in [-0.25, -0.2) is 0 Å². The largest absolute Gasteiger partial charge is 0.394 e. The molecule has 1 radical (unpaired) electrons. The Morgan fingerprint density at radius 2 is 1.12 bits per heavy atom. The first-order valence-electron chi connectivity index (χ1n) is 15.9. The Morgan fingerprint density at radius 1 is 0.659 bits per heavy atom. The topological polar surface area (TPSA) is 189 Å². The zero-order valence-corrected chi connectivity index (χ0v) is 24.8. The van der Waals surface area contributed by atoms with Gasteiger partial charge < -0.3 is 50.5 Å². The summed E-state index contributed by atoms with van der Waals surface area (Å²) >= 11 is 0. The number of aliphatic hydroxyl groups excluding tert-OH is 7. The number of ether oxygens (including phenoxy) is 2. The number of hydrogen-bond donors (Lipinski definition) is 8. The Bertz CT molecular complexity index is 698. The molecular weight excluding hydrogens is 534 g/mol. The maximum absolute atomic E-state index is 12.7. The molecule has 2 fully saturated rings. The van der Waals surface area contributed by atoms with Gasteiger partial charge in [-0.2, -0.15) is 0 Å². The quantitative estimate of drug-likeness (QED) is 0.0957. The van der Waals surface area contributed by atoms with Crippen LogP contribution in [0.2, 0.25) is 0 Å². The molecular formula is C30H56NO10. The summed E-state index contributed by atoms with van der Waals surface area (Å²) in [5, 5.41) is 73.7. The van der Waals surface area contributed by atoms with Crippen LogP contribution in [-0.4, -0.2) is 110 Å². The van der Waals surface area contributed by atoms with Crippen molar-refractivity contribution in [3.8, 4) is 0 Å². The molecule has 11 nitrogen and oxygen atoms in total. The third-order valence-electron chi connectivity index (χ3n) is 8.35. The van der Waals surface area contributed by atoms with E-state index in [0.29, 0.717) is 6.42 Å². The summed E-state index contributed by atoms with van der Waals surface area (Å²) in [5.74, 6) is -0.391. The van der Waals surface area contributed by atoms with E-state index in [1.807, 2.05) is 0 Å². The molecule has 2 aliphatic rings. The normalized spacial score (nSPS) is 32.7. The molecule has 2 aliphatic heterocycles. The van der Waals surface area contributed by atoms with Gasteiger partial charge in [-0.3, -0.25) is 4.79 Å². The standard InChI is InChI=1S/C30H56NO10/c1-2-3-4-5-6-7-8-9-10-11-12-13-14-15-16-17-22(34)31-23-26(37)24(35)20(18-32)40-29(23)30-28(39)27(38)25(36)21(19-33)41-30/h20-21,23-29,32-33,35-39H,2-19H2,1H3,(H,31,34)/t20-,21-,23-,24-,25-,26-,27+,28-,29?/m1/s1. The number of carbonyl (C=O) groups is 1. The van der Waals surface area contributed by atoms with Crippen molar-refractivity contribution < 1.29 is 50.0 Å². The molecule has 241 valence electrons. The van der Waals surface area contributed by atoms with Crippen LogP contribution >= 0.6 is 0 Å². The van der Waals surface area contributed by atoms with Gasteiger partial charge in [0.15, 0.2) is 6.10 Å². The fourth-order valence-corrected chi connectivity index (χ4v) is 5.71. The van der Waals surface area contributed by atoms with Gasteiger partial charge in [0.2, 0.25) is 5.91 Å². The fraction of sp³-hybridized carbons (Fsp3) is 0.933. The average Bonchev–Trinajstić information content (AvgIpc) is 2.97. The Hall–Kier alpha value is -0.890. The van der Waals surface area contributed by atoms with E-state index in [2.05, 4.69) is 12.2 Å². The molecule has 0 aliphatic carbocycles. The summed E-state index contributed by atoms with van der Waals surface area (Å²) in [4.78, 5) is 12.7. The number of nitrogens with one attached hydrogen (secondary N) is 1. The Kier molecular flexibility index (Phi) is 17.8. The van der Waals surface area contributed by atoms with Crippen molar-refractivity contribution in [1.82, 2.24) is 5.32 Å².